The number of nitrogens with one attached hydrogen (secondary N) is 1. The van der Waals surface area contributed by atoms with Crippen LogP contribution in [0.4, 0.5) is 0 Å². The second kappa shape index (κ2) is 6.89. The third kappa shape index (κ3) is 3.59. The molecule has 1 amide bonds. The maximum Gasteiger partial charge on any atom is 0.272 e. The van der Waals surface area contributed by atoms with Crippen molar-refractivity contribution in [2.45, 2.75) is 45.1 Å². The van der Waals surface area contributed by atoms with Crippen molar-refractivity contribution in [2.75, 3.05) is 13.7 Å². The van der Waals surface area contributed by atoms with Gasteiger partial charge in [-0.25, -0.2) is 0 Å². The number of aliphatic hydroxyl groups excluding tert-OH is 1. The molecule has 0 aromatic carbocycles. The first-order valence-corrected chi connectivity index (χ1v) is 8.61. The second-order valence-electron chi connectivity index (χ2n) is 6.98. The van der Waals surface area contributed by atoms with E-state index in [-0.39, 0.29) is 24.2 Å². The molecule has 130 valence electrons. The number of hydrogen-bond donors (Lipinski definition) is 2. The van der Waals surface area contributed by atoms with Crippen LogP contribution in [0.2, 0.25) is 0 Å². The van der Waals surface area contributed by atoms with Gasteiger partial charge in [0.05, 0.1) is 19.8 Å². The Morgan fingerprint density at radius 3 is 2.83 bits per heavy atom. The number of aromatic nitrogens is 2. The molecule has 0 bridgehead atoms. The molecule has 2 N–H and O–H groups in total. The van der Waals surface area contributed by atoms with Gasteiger partial charge in [-0.05, 0) is 49.5 Å². The molecule has 1 aromatic rings. The van der Waals surface area contributed by atoms with Crippen molar-refractivity contribution in [3.8, 4) is 5.88 Å². The molecule has 2 aliphatic rings. The van der Waals surface area contributed by atoms with Crippen LogP contribution in [0.3, 0.4) is 0 Å². The minimum atomic E-state index is -0.332. The summed E-state index contributed by atoms with van der Waals surface area (Å²) in [6.45, 7) is 1.81. The fourth-order valence-electron chi connectivity index (χ4n) is 3.33. The van der Waals surface area contributed by atoms with E-state index < -0.39 is 0 Å². The summed E-state index contributed by atoms with van der Waals surface area (Å²) in [7, 11) is 1.54. The number of rotatable bonds is 7. The summed E-state index contributed by atoms with van der Waals surface area (Å²) in [5.41, 5.74) is 1.65. The molecule has 2 aliphatic carbocycles. The van der Waals surface area contributed by atoms with Crippen LogP contribution >= 0.6 is 0 Å². The molecule has 2 saturated carbocycles. The van der Waals surface area contributed by atoms with Crippen molar-refractivity contribution >= 4 is 12.0 Å². The summed E-state index contributed by atoms with van der Waals surface area (Å²) in [6.07, 6.45) is 10.1. The van der Waals surface area contributed by atoms with E-state index in [0.717, 1.165) is 5.56 Å². The number of allylic oxidation sites excluding steroid dienone is 1. The number of methoxy groups -OCH3 is 1. The van der Waals surface area contributed by atoms with Gasteiger partial charge in [0.1, 0.15) is 0 Å². The molecule has 1 atom stereocenters. The summed E-state index contributed by atoms with van der Waals surface area (Å²) in [6, 6.07) is 1.41. The molecule has 0 radical (unpaired) electrons. The number of carbonyl (C=O) groups excluding carboxylic acids is 1. The van der Waals surface area contributed by atoms with Crippen LogP contribution < -0.4 is 10.1 Å². The summed E-state index contributed by atoms with van der Waals surface area (Å²) in [5.74, 6) is 0.695. The van der Waals surface area contributed by atoms with E-state index in [1.54, 1.807) is 13.2 Å². The first-order chi connectivity index (χ1) is 11.6. The highest BCUT2D eigenvalue weighted by Crippen LogP contribution is 2.63. The number of carbonyl (C=O) groups is 1. The van der Waals surface area contributed by atoms with Gasteiger partial charge in [0, 0.05) is 5.56 Å². The van der Waals surface area contributed by atoms with Gasteiger partial charge in [-0.3, -0.25) is 4.79 Å². The van der Waals surface area contributed by atoms with Gasteiger partial charge in [0.2, 0.25) is 5.88 Å². The number of amides is 1. The Balaban J connectivity index is 1.70. The molecule has 6 heteroatoms. The number of hydrogen-bond acceptors (Lipinski definition) is 5. The highest BCUT2D eigenvalue weighted by atomic mass is 16.5. The minimum Gasteiger partial charge on any atom is -0.479 e. The fraction of sp³-hybridized carbons (Fsp3) is 0.611. The van der Waals surface area contributed by atoms with Crippen LogP contribution in [0.25, 0.3) is 6.08 Å². The number of ether oxygens (including phenoxy) is 1. The molecule has 0 unspecified atom stereocenters. The molecular weight excluding hydrogens is 306 g/mol. The Bertz CT molecular complexity index is 628. The standard InChI is InChI=1S/C18H25N3O3/c1-3-14(11-22)19-16(23)15-8-13(17(24-2)21-20-15)5-4-12-9-18(10-12)6-7-18/h4-5,8,12,14,22H,3,6-7,9-11H2,1-2H3,(H,19,23)/b5-4+/t14-/m1/s1. The fourth-order valence-corrected chi connectivity index (χ4v) is 3.33. The van der Waals surface area contributed by atoms with Crippen LogP contribution in [0.15, 0.2) is 12.1 Å². The van der Waals surface area contributed by atoms with Gasteiger partial charge in [0.15, 0.2) is 5.69 Å². The van der Waals surface area contributed by atoms with Crippen LogP contribution in [-0.4, -0.2) is 41.0 Å². The first kappa shape index (κ1) is 16.9. The van der Waals surface area contributed by atoms with Crippen molar-refractivity contribution in [2.24, 2.45) is 11.3 Å². The average Bonchev–Trinajstić information content (AvgIpc) is 3.37. The highest BCUT2D eigenvalue weighted by molar-refractivity contribution is 5.93. The minimum absolute atomic E-state index is 0.0952. The maximum absolute atomic E-state index is 12.2. The van der Waals surface area contributed by atoms with Gasteiger partial charge < -0.3 is 15.2 Å². The molecule has 0 aliphatic heterocycles. The molecule has 1 spiro atoms. The Hall–Kier alpha value is -1.95. The Labute approximate surface area is 142 Å². The van der Waals surface area contributed by atoms with E-state index in [2.05, 4.69) is 21.6 Å². The Morgan fingerprint density at radius 2 is 2.25 bits per heavy atom. The van der Waals surface area contributed by atoms with E-state index >= 15 is 0 Å². The van der Waals surface area contributed by atoms with Crippen molar-refractivity contribution in [1.82, 2.24) is 15.5 Å². The number of nitrogens with zero attached hydrogens (tertiary/aromatic N) is 2. The quantitative estimate of drug-likeness (QED) is 0.800. The highest BCUT2D eigenvalue weighted by Gasteiger charge is 2.51. The molecule has 1 aromatic heterocycles. The third-order valence-corrected chi connectivity index (χ3v) is 5.16. The second-order valence-corrected chi connectivity index (χ2v) is 6.98. The zero-order valence-electron chi connectivity index (χ0n) is 14.3. The van der Waals surface area contributed by atoms with E-state index in [1.807, 2.05) is 13.0 Å². The lowest BCUT2D eigenvalue weighted by atomic mass is 9.72. The van der Waals surface area contributed by atoms with Gasteiger partial charge in [-0.1, -0.05) is 19.1 Å². The topological polar surface area (TPSA) is 84.3 Å². The van der Waals surface area contributed by atoms with Crippen molar-refractivity contribution < 1.29 is 14.6 Å². The van der Waals surface area contributed by atoms with E-state index in [0.29, 0.717) is 23.6 Å². The van der Waals surface area contributed by atoms with E-state index in [4.69, 9.17) is 4.74 Å². The average molecular weight is 331 g/mol. The predicted molar refractivity (Wildman–Crippen MR) is 90.6 cm³/mol. The predicted octanol–water partition coefficient (Wildman–Crippen LogP) is 2.19. The van der Waals surface area contributed by atoms with Crippen LogP contribution in [0, 0.1) is 11.3 Å². The van der Waals surface area contributed by atoms with E-state index in [9.17, 15) is 9.90 Å². The molecule has 3 rings (SSSR count). The molecular formula is C18H25N3O3. The normalized spacial score (nSPS) is 20.0. The van der Waals surface area contributed by atoms with Crippen molar-refractivity contribution in [1.29, 1.82) is 0 Å². The van der Waals surface area contributed by atoms with Gasteiger partial charge in [-0.15, -0.1) is 10.2 Å². The third-order valence-electron chi connectivity index (χ3n) is 5.16. The summed E-state index contributed by atoms with van der Waals surface area (Å²) >= 11 is 0. The SMILES string of the molecule is CC[C@H](CO)NC(=O)c1cc(/C=C/C2CC3(CC3)C2)c(OC)nn1. The molecule has 24 heavy (non-hydrogen) atoms. The lowest BCUT2D eigenvalue weighted by molar-refractivity contribution is 0.0908. The van der Waals surface area contributed by atoms with Gasteiger partial charge in [0.25, 0.3) is 5.91 Å². The first-order valence-electron chi connectivity index (χ1n) is 8.61. The molecule has 2 fully saturated rings. The van der Waals surface area contributed by atoms with Crippen molar-refractivity contribution in [3.63, 3.8) is 0 Å². The lowest BCUT2D eigenvalue weighted by Gasteiger charge is -2.33. The summed E-state index contributed by atoms with van der Waals surface area (Å²) < 4.78 is 5.24. The monoisotopic (exact) mass is 331 g/mol. The lowest BCUT2D eigenvalue weighted by Crippen LogP contribution is -2.37. The Morgan fingerprint density at radius 1 is 1.50 bits per heavy atom. The van der Waals surface area contributed by atoms with Gasteiger partial charge >= 0.3 is 0 Å². The number of aliphatic hydroxyl groups is 1. The Kier molecular flexibility index (Phi) is 4.85. The maximum atomic E-state index is 12.2. The van der Waals surface area contributed by atoms with E-state index in [1.165, 1.54) is 25.7 Å². The van der Waals surface area contributed by atoms with Crippen molar-refractivity contribution in [3.05, 3.63) is 23.4 Å². The van der Waals surface area contributed by atoms with Crippen LogP contribution in [0.5, 0.6) is 5.88 Å². The zero-order chi connectivity index (χ0) is 17.2. The molecule has 6 nitrogen and oxygen atoms in total. The van der Waals surface area contributed by atoms with Gasteiger partial charge in [-0.2, -0.15) is 0 Å². The smallest absolute Gasteiger partial charge is 0.272 e. The van der Waals surface area contributed by atoms with Crippen LogP contribution in [-0.2, 0) is 0 Å². The summed E-state index contributed by atoms with van der Waals surface area (Å²) in [4.78, 5) is 12.2. The summed E-state index contributed by atoms with van der Waals surface area (Å²) in [5, 5.41) is 19.9. The molecule has 1 heterocycles. The largest absolute Gasteiger partial charge is 0.479 e. The molecule has 0 saturated heterocycles. The zero-order valence-corrected chi connectivity index (χ0v) is 14.3. The van der Waals surface area contributed by atoms with Crippen LogP contribution in [0.1, 0.15) is 55.1 Å².